The van der Waals surface area contributed by atoms with Crippen molar-refractivity contribution >= 4 is 141 Å². The molecule has 0 radical (unpaired) electrons. The van der Waals surface area contributed by atoms with Crippen LogP contribution in [-0.4, -0.2) is 0 Å². The Morgan fingerprint density at radius 2 is 0.556 bits per heavy atom. The van der Waals surface area contributed by atoms with Gasteiger partial charge in [-0.05, 0) is 139 Å². The molecule has 0 nitrogen and oxygen atoms in total. The van der Waals surface area contributed by atoms with Crippen LogP contribution in [0.5, 0.6) is 0 Å². The smallest absolute Gasteiger partial charge is 0.143 e. The molecule has 6 aromatic heterocycles. The fourth-order valence-corrected chi connectivity index (χ4v) is 14.4. The van der Waals surface area contributed by atoms with Gasteiger partial charge in [0, 0.05) is 48.1 Å². The maximum Gasteiger partial charge on any atom is 0.143 e. The van der Waals surface area contributed by atoms with Gasteiger partial charge in [0.05, 0.1) is 9.75 Å². The molecule has 0 aliphatic rings. The zero-order valence-electron chi connectivity index (χ0n) is 27.9. The van der Waals surface area contributed by atoms with E-state index in [0.29, 0.717) is 9.75 Å². The highest BCUT2D eigenvalue weighted by atomic mass is 32.1. The van der Waals surface area contributed by atoms with Gasteiger partial charge in [0.15, 0.2) is 0 Å². The summed E-state index contributed by atoms with van der Waals surface area (Å²) in [5, 5.41) is 11.7. The SMILES string of the molecule is Fc1cc(-c2cc3cc4cc5sc(-c6cc(F)c(-c7cc8cc9ccccc9cc8s7)s6)cc5cc4cc3s2)sc1-c1cc2cc3ccccc3cc2s1. The van der Waals surface area contributed by atoms with Gasteiger partial charge in [0.25, 0.3) is 0 Å². The van der Waals surface area contributed by atoms with Crippen molar-refractivity contribution in [2.75, 3.05) is 0 Å². The molecule has 0 aliphatic carbocycles. The van der Waals surface area contributed by atoms with Gasteiger partial charge < -0.3 is 0 Å². The summed E-state index contributed by atoms with van der Waals surface area (Å²) in [5.74, 6) is -0.333. The molecule has 256 valence electrons. The van der Waals surface area contributed by atoms with E-state index < -0.39 is 0 Å². The molecule has 0 N–H and O–H groups in total. The fraction of sp³-hybridized carbons (Fsp3) is 0. The minimum absolute atomic E-state index is 0.167. The second kappa shape index (κ2) is 11.8. The van der Waals surface area contributed by atoms with E-state index >= 15 is 8.78 Å². The third kappa shape index (κ3) is 5.05. The minimum atomic E-state index is -0.167. The van der Waals surface area contributed by atoms with Crippen molar-refractivity contribution in [2.45, 2.75) is 0 Å². The molecule has 12 rings (SSSR count). The van der Waals surface area contributed by atoms with Gasteiger partial charge in [0.1, 0.15) is 11.6 Å². The molecule has 0 bridgehead atoms. The molecule has 0 unspecified atom stereocenters. The van der Waals surface area contributed by atoms with Crippen molar-refractivity contribution in [1.82, 2.24) is 0 Å². The lowest BCUT2D eigenvalue weighted by Crippen LogP contribution is -1.72. The summed E-state index contributed by atoms with van der Waals surface area (Å²) in [6.45, 7) is 0. The van der Waals surface area contributed by atoms with Crippen LogP contribution in [0.3, 0.4) is 0 Å². The monoisotopic (exact) mass is 804 g/mol. The predicted molar refractivity (Wildman–Crippen MR) is 238 cm³/mol. The van der Waals surface area contributed by atoms with E-state index in [2.05, 4.69) is 121 Å². The molecule has 0 amide bonds. The van der Waals surface area contributed by atoms with E-state index in [1.165, 1.54) is 73.8 Å². The summed E-state index contributed by atoms with van der Waals surface area (Å²) in [4.78, 5) is 7.39. The zero-order chi connectivity index (χ0) is 35.7. The molecule has 54 heavy (non-hydrogen) atoms. The maximum atomic E-state index is 15.6. The summed E-state index contributed by atoms with van der Waals surface area (Å²) in [7, 11) is 0. The first-order valence-electron chi connectivity index (χ1n) is 17.3. The van der Waals surface area contributed by atoms with E-state index in [0.717, 1.165) is 50.8 Å². The van der Waals surface area contributed by atoms with Crippen LogP contribution >= 0.6 is 68.0 Å². The van der Waals surface area contributed by atoms with Crippen LogP contribution in [0.15, 0.2) is 133 Å². The molecule has 8 heteroatoms. The number of hydrogen-bond acceptors (Lipinski definition) is 6. The number of benzene rings is 6. The molecule has 6 aromatic carbocycles. The Kier molecular flexibility index (Phi) is 6.92. The van der Waals surface area contributed by atoms with Gasteiger partial charge in [-0.1, -0.05) is 48.5 Å². The number of hydrogen-bond donors (Lipinski definition) is 0. The van der Waals surface area contributed by atoms with Crippen LogP contribution < -0.4 is 0 Å². The minimum Gasteiger partial charge on any atom is -0.205 e. The molecule has 0 fully saturated rings. The van der Waals surface area contributed by atoms with E-state index in [1.807, 2.05) is 0 Å². The van der Waals surface area contributed by atoms with Gasteiger partial charge in [-0.3, -0.25) is 0 Å². The van der Waals surface area contributed by atoms with E-state index in [-0.39, 0.29) is 11.6 Å². The number of thiophene rings is 6. The Bertz CT molecular complexity index is 3090. The highest BCUT2D eigenvalue weighted by Gasteiger charge is 2.19. The molecule has 0 atom stereocenters. The molecule has 0 spiro atoms. The first-order chi connectivity index (χ1) is 26.5. The van der Waals surface area contributed by atoms with Crippen molar-refractivity contribution in [3.63, 3.8) is 0 Å². The average molecular weight is 805 g/mol. The van der Waals surface area contributed by atoms with Gasteiger partial charge >= 0.3 is 0 Å². The summed E-state index contributed by atoms with van der Waals surface area (Å²) in [5.41, 5.74) is 0. The molecule has 12 aromatic rings. The third-order valence-corrected chi connectivity index (χ3v) is 17.5. The fourth-order valence-electron chi connectivity index (χ4n) is 7.56. The first kappa shape index (κ1) is 31.5. The summed E-state index contributed by atoms with van der Waals surface area (Å²) in [6.07, 6.45) is 0. The Morgan fingerprint density at radius 3 is 0.963 bits per heavy atom. The Morgan fingerprint density at radius 1 is 0.259 bits per heavy atom. The molecular formula is C46H22F2S6. The largest absolute Gasteiger partial charge is 0.205 e. The maximum absolute atomic E-state index is 15.6. The molecule has 0 aliphatic heterocycles. The van der Waals surface area contributed by atoms with E-state index in [1.54, 1.807) is 57.5 Å². The molecule has 6 heterocycles. The van der Waals surface area contributed by atoms with Crippen molar-refractivity contribution in [3.8, 4) is 39.0 Å². The normalized spacial score (nSPS) is 12.3. The Labute approximate surface area is 331 Å². The number of rotatable bonds is 4. The van der Waals surface area contributed by atoms with Crippen LogP contribution in [0, 0.1) is 11.6 Å². The van der Waals surface area contributed by atoms with Crippen molar-refractivity contribution < 1.29 is 8.78 Å². The van der Waals surface area contributed by atoms with Crippen molar-refractivity contribution in [3.05, 3.63) is 145 Å². The second-order valence-electron chi connectivity index (χ2n) is 13.6. The quantitative estimate of drug-likeness (QED) is 0.166. The zero-order valence-corrected chi connectivity index (χ0v) is 32.8. The van der Waals surface area contributed by atoms with E-state index in [9.17, 15) is 0 Å². The lowest BCUT2D eigenvalue weighted by atomic mass is 10.1. The van der Waals surface area contributed by atoms with Gasteiger partial charge in [-0.15, -0.1) is 68.0 Å². The topological polar surface area (TPSA) is 0 Å². The van der Waals surface area contributed by atoms with Crippen molar-refractivity contribution in [2.24, 2.45) is 0 Å². The van der Waals surface area contributed by atoms with Crippen LogP contribution in [0.25, 0.3) is 112 Å². The van der Waals surface area contributed by atoms with Gasteiger partial charge in [0.2, 0.25) is 0 Å². The van der Waals surface area contributed by atoms with Crippen LogP contribution in [0.2, 0.25) is 0 Å². The van der Waals surface area contributed by atoms with Crippen LogP contribution in [0.4, 0.5) is 8.78 Å². The highest BCUT2D eigenvalue weighted by Crippen LogP contribution is 2.48. The lowest BCUT2D eigenvalue weighted by Gasteiger charge is -1.99. The second-order valence-corrected chi connectivity index (χ2v) is 20.1. The standard InChI is InChI=1S/C46H22F2S6/c47-33-21-41(53-45(33)43-19-29-9-23-5-1-3-7-25(23)13-35(29)51-43)39-17-31-11-27-16-38-32(12-28(27)15-37(31)49-39)18-40(50-38)42-22-34(48)46(54-42)44-20-30-10-24-6-2-4-8-26(24)14-36(30)52-44/h1-22H. The van der Waals surface area contributed by atoms with Crippen LogP contribution in [-0.2, 0) is 0 Å². The van der Waals surface area contributed by atoms with Gasteiger partial charge in [-0.2, -0.15) is 0 Å². The average Bonchev–Trinajstić information content (AvgIpc) is 4.03. The lowest BCUT2D eigenvalue weighted by molar-refractivity contribution is 0.636. The van der Waals surface area contributed by atoms with E-state index in [4.69, 9.17) is 0 Å². The summed E-state index contributed by atoms with van der Waals surface area (Å²) < 4.78 is 35.8. The predicted octanol–water partition coefficient (Wildman–Crippen LogP) is 17.1. The Hall–Kier alpha value is -4.80. The summed E-state index contributed by atoms with van der Waals surface area (Å²) in [6, 6.07) is 46.6. The number of halogens is 2. The Balaban J connectivity index is 0.869. The summed E-state index contributed by atoms with van der Waals surface area (Å²) >= 11 is 9.80. The first-order valence-corrected chi connectivity index (χ1v) is 22.2. The molecule has 0 saturated heterocycles. The van der Waals surface area contributed by atoms with Gasteiger partial charge in [-0.25, -0.2) is 8.78 Å². The number of fused-ring (bicyclic) bond motifs is 7. The highest BCUT2D eigenvalue weighted by molar-refractivity contribution is 7.30. The van der Waals surface area contributed by atoms with Crippen molar-refractivity contribution in [1.29, 1.82) is 0 Å². The molecular weight excluding hydrogens is 783 g/mol. The third-order valence-electron chi connectivity index (χ3n) is 10.2. The van der Waals surface area contributed by atoms with Crippen LogP contribution in [0.1, 0.15) is 0 Å². The molecule has 0 saturated carbocycles.